The first-order valence-electron chi connectivity index (χ1n) is 10.8. The van der Waals surface area contributed by atoms with Crippen molar-refractivity contribution >= 4 is 18.3 Å². The van der Waals surface area contributed by atoms with Gasteiger partial charge >= 0.3 is 0 Å². The fourth-order valence-electron chi connectivity index (χ4n) is 3.43. The monoisotopic (exact) mass is 395 g/mol. The largest absolute Gasteiger partial charge is 0.870 e. The van der Waals surface area contributed by atoms with Gasteiger partial charge < -0.3 is 5.48 Å². The molecule has 2 aromatic rings. The molecule has 27 heavy (non-hydrogen) atoms. The number of aromatic nitrogens is 3. The molecule has 2 rings (SSSR count). The van der Waals surface area contributed by atoms with Crippen LogP contribution in [0.3, 0.4) is 0 Å². The Hall–Kier alpha value is -0.990. The van der Waals surface area contributed by atoms with Gasteiger partial charge in [0.2, 0.25) is 0 Å². The number of nitrogens with one attached hydrogen (secondary N) is 1. The molecule has 0 amide bonds. The molecular formula is C22H42N3OP. The number of H-pyrrole nitrogens is 1. The van der Waals surface area contributed by atoms with Crippen molar-refractivity contribution in [3.8, 4) is 0 Å². The molecule has 0 radical (unpaired) electrons. The quantitative estimate of drug-likeness (QED) is 0.394. The molecule has 0 atom stereocenters. The van der Waals surface area contributed by atoms with Crippen LogP contribution in [0.15, 0.2) is 24.3 Å². The van der Waals surface area contributed by atoms with Crippen LogP contribution in [0.25, 0.3) is 11.0 Å². The highest BCUT2D eigenvalue weighted by Crippen LogP contribution is 2.61. The molecule has 1 aromatic heterocycles. The lowest BCUT2D eigenvalue weighted by molar-refractivity contribution is 0.814. The van der Waals surface area contributed by atoms with Crippen molar-refractivity contribution in [2.45, 2.75) is 79.1 Å². The van der Waals surface area contributed by atoms with Gasteiger partial charge in [0.25, 0.3) is 0 Å². The van der Waals surface area contributed by atoms with E-state index in [4.69, 9.17) is 0 Å². The smallest absolute Gasteiger partial charge is 0.112 e. The fourth-order valence-corrected chi connectivity index (χ4v) is 8.72. The Balaban J connectivity index is 0.000000560. The molecule has 1 aromatic carbocycles. The molecule has 156 valence electrons. The second-order valence-electron chi connectivity index (χ2n) is 7.46. The molecule has 0 bridgehead atoms. The van der Waals surface area contributed by atoms with Gasteiger partial charge in [-0.25, -0.2) is 0 Å². The second kappa shape index (κ2) is 16.0. The van der Waals surface area contributed by atoms with Crippen molar-refractivity contribution in [3.05, 3.63) is 24.3 Å². The first kappa shape index (κ1) is 26.0. The Bertz CT molecular complexity index is 506. The molecule has 0 saturated heterocycles. The zero-order chi connectivity index (χ0) is 19.1. The van der Waals surface area contributed by atoms with Gasteiger partial charge in [0.1, 0.15) is 11.0 Å². The molecule has 0 saturated carbocycles. The van der Waals surface area contributed by atoms with Crippen LogP contribution in [-0.4, -0.2) is 45.5 Å². The van der Waals surface area contributed by atoms with Crippen molar-refractivity contribution < 1.29 is 5.48 Å². The summed E-state index contributed by atoms with van der Waals surface area (Å²) in [4.78, 5) is 0. The number of benzene rings is 1. The molecule has 0 fully saturated rings. The Labute approximate surface area is 167 Å². The van der Waals surface area contributed by atoms with E-state index in [0.29, 0.717) is 0 Å². The highest BCUT2D eigenvalue weighted by molar-refractivity contribution is 7.75. The topological polar surface area (TPSA) is 71.6 Å². The maximum atomic E-state index is 3.88. The first-order valence-corrected chi connectivity index (χ1v) is 13.3. The van der Waals surface area contributed by atoms with E-state index in [1.165, 1.54) is 51.4 Å². The van der Waals surface area contributed by atoms with Gasteiger partial charge in [0.15, 0.2) is 0 Å². The molecule has 0 spiro atoms. The Kier molecular flexibility index (Phi) is 15.4. The summed E-state index contributed by atoms with van der Waals surface area (Å²) < 4.78 is 0. The van der Waals surface area contributed by atoms with Crippen molar-refractivity contribution in [3.63, 3.8) is 0 Å². The summed E-state index contributed by atoms with van der Waals surface area (Å²) in [6.07, 6.45) is 17.9. The third-order valence-corrected chi connectivity index (χ3v) is 10.2. The van der Waals surface area contributed by atoms with E-state index in [0.717, 1.165) is 11.0 Å². The van der Waals surface area contributed by atoms with Gasteiger partial charge in [-0.15, -0.1) is 0 Å². The van der Waals surface area contributed by atoms with E-state index < -0.39 is 7.26 Å². The van der Waals surface area contributed by atoms with Gasteiger partial charge in [0, 0.05) is 7.26 Å². The lowest BCUT2D eigenvalue weighted by Crippen LogP contribution is -2.12. The van der Waals surface area contributed by atoms with Crippen molar-refractivity contribution in [1.29, 1.82) is 0 Å². The number of hydrogen-bond donors (Lipinski definition) is 1. The predicted molar refractivity (Wildman–Crippen MR) is 122 cm³/mol. The van der Waals surface area contributed by atoms with E-state index in [-0.39, 0.29) is 5.48 Å². The molecule has 5 heteroatoms. The van der Waals surface area contributed by atoms with Crippen LogP contribution in [0.2, 0.25) is 0 Å². The first-order chi connectivity index (χ1) is 12.7. The maximum absolute atomic E-state index is 3.88. The van der Waals surface area contributed by atoms with E-state index in [2.05, 4.69) is 43.1 Å². The average Bonchev–Trinajstić information content (AvgIpc) is 3.16. The lowest BCUT2D eigenvalue weighted by atomic mass is 10.3. The summed E-state index contributed by atoms with van der Waals surface area (Å²) in [5, 5.41) is 10.3. The number of rotatable bonds is 12. The number of fused-ring (bicyclic) bond motifs is 1. The highest BCUT2D eigenvalue weighted by Gasteiger charge is 2.34. The summed E-state index contributed by atoms with van der Waals surface area (Å²) in [6.45, 7) is 9.42. The van der Waals surface area contributed by atoms with Crippen LogP contribution < -0.4 is 0 Å². The Morgan fingerprint density at radius 1 is 0.667 bits per heavy atom. The Morgan fingerprint density at radius 3 is 1.30 bits per heavy atom. The van der Waals surface area contributed by atoms with Crippen LogP contribution in [0, 0.1) is 0 Å². The van der Waals surface area contributed by atoms with Gasteiger partial charge in [-0.1, -0.05) is 65.5 Å². The number of unbranched alkanes of at least 4 members (excludes halogenated alkanes) is 4. The molecule has 1 heterocycles. The van der Waals surface area contributed by atoms with E-state index >= 15 is 0 Å². The summed E-state index contributed by atoms with van der Waals surface area (Å²) in [7, 11) is -0.562. The van der Waals surface area contributed by atoms with E-state index in [1.54, 1.807) is 24.6 Å². The highest BCUT2D eigenvalue weighted by atomic mass is 31.2. The van der Waals surface area contributed by atoms with Crippen LogP contribution in [0.5, 0.6) is 0 Å². The minimum atomic E-state index is -0.562. The predicted octanol–water partition coefficient (Wildman–Crippen LogP) is 6.99. The van der Waals surface area contributed by atoms with Gasteiger partial charge in [-0.2, -0.15) is 15.4 Å². The molecule has 4 nitrogen and oxygen atoms in total. The minimum absolute atomic E-state index is 0. The zero-order valence-electron chi connectivity index (χ0n) is 18.1. The summed E-state index contributed by atoms with van der Waals surface area (Å²) in [5.41, 5.74) is 1.83. The Morgan fingerprint density at radius 2 is 1.00 bits per heavy atom. The molecule has 0 aliphatic rings. The SMILES string of the molecule is CCCC[P+](CCCC)(CCCC)CCCC.[OH-].c1ccc2n[nH]nc2c1. The maximum Gasteiger partial charge on any atom is 0.112 e. The van der Waals surface area contributed by atoms with Crippen LogP contribution in [-0.2, 0) is 0 Å². The van der Waals surface area contributed by atoms with Gasteiger partial charge in [-0.3, -0.25) is 0 Å². The third kappa shape index (κ3) is 10.2. The zero-order valence-corrected chi connectivity index (χ0v) is 19.0. The van der Waals surface area contributed by atoms with Crippen molar-refractivity contribution in [1.82, 2.24) is 15.4 Å². The lowest BCUT2D eigenvalue weighted by Gasteiger charge is -2.28. The number of nitrogens with zero attached hydrogens (tertiary/aromatic N) is 2. The molecular weight excluding hydrogens is 353 g/mol. The van der Waals surface area contributed by atoms with Gasteiger partial charge in [-0.05, 0) is 37.8 Å². The van der Waals surface area contributed by atoms with Crippen molar-refractivity contribution in [2.24, 2.45) is 0 Å². The molecule has 0 unspecified atom stereocenters. The van der Waals surface area contributed by atoms with Crippen LogP contribution in [0.4, 0.5) is 0 Å². The molecule has 0 aliphatic heterocycles. The fraction of sp³-hybridized carbons (Fsp3) is 0.727. The average molecular weight is 396 g/mol. The summed E-state index contributed by atoms with van der Waals surface area (Å²) >= 11 is 0. The standard InChI is InChI=1S/C16H36P.C6H5N3.H2O/c1-5-9-13-17(14-10-6-2,15-11-7-3)16-12-8-4;1-2-4-6-5(3-1)7-9-8-6;/h5-16H2,1-4H3;1-4H,(H,7,8,9);1H2/q+1;;/p-1. The molecule has 0 aliphatic carbocycles. The van der Waals surface area contributed by atoms with E-state index in [1.807, 2.05) is 24.3 Å². The van der Waals surface area contributed by atoms with Crippen LogP contribution >= 0.6 is 7.26 Å². The number of hydrogen-bond acceptors (Lipinski definition) is 3. The summed E-state index contributed by atoms with van der Waals surface area (Å²) in [5.74, 6) is 0. The number of aromatic amines is 1. The van der Waals surface area contributed by atoms with Crippen LogP contribution in [0.1, 0.15) is 79.1 Å². The minimum Gasteiger partial charge on any atom is -0.870 e. The molecule has 2 N–H and O–H groups in total. The normalized spacial score (nSPS) is 11.0. The third-order valence-electron chi connectivity index (χ3n) is 5.17. The van der Waals surface area contributed by atoms with Crippen molar-refractivity contribution in [2.75, 3.05) is 24.6 Å². The van der Waals surface area contributed by atoms with E-state index in [9.17, 15) is 0 Å². The number of para-hydroxylation sites is 2. The second-order valence-corrected chi connectivity index (χ2v) is 11.9. The summed E-state index contributed by atoms with van der Waals surface area (Å²) in [6, 6.07) is 7.70. The van der Waals surface area contributed by atoms with Gasteiger partial charge in [0.05, 0.1) is 24.6 Å².